The Morgan fingerprint density at radius 1 is 1.07 bits per heavy atom. The van der Waals surface area contributed by atoms with Crippen molar-refractivity contribution < 1.29 is 18.4 Å². The van der Waals surface area contributed by atoms with E-state index in [1.54, 1.807) is 24.5 Å². The van der Waals surface area contributed by atoms with E-state index in [0.29, 0.717) is 38.4 Å². The Bertz CT molecular complexity index is 804. The van der Waals surface area contributed by atoms with Gasteiger partial charge in [-0.2, -0.15) is 0 Å². The Morgan fingerprint density at radius 2 is 1.79 bits per heavy atom. The molecular formula is C21H27FN4O3. The van der Waals surface area contributed by atoms with Gasteiger partial charge in [0.1, 0.15) is 11.6 Å². The van der Waals surface area contributed by atoms with Gasteiger partial charge in [-0.3, -0.25) is 14.5 Å². The number of anilines is 1. The van der Waals surface area contributed by atoms with Gasteiger partial charge in [0.05, 0.1) is 18.0 Å². The van der Waals surface area contributed by atoms with Gasteiger partial charge in [-0.05, 0) is 30.7 Å². The van der Waals surface area contributed by atoms with E-state index < -0.39 is 11.8 Å². The second kappa shape index (κ2) is 10.1. The standard InChI is InChI=1S/C21H27FN4O3/c1-2-9-23-20(27)21(28)24-15-18(19-8-5-14-29-19)26-12-10-25(11-13-26)17-7-4-3-6-16(17)22/h3-8,14,18H,2,9-13,15H2,1H3,(H,23,27)(H,24,28)/t18-/m0/s1. The molecule has 0 unspecified atom stereocenters. The fourth-order valence-electron chi connectivity index (χ4n) is 3.46. The Hall–Kier alpha value is -2.87. The normalized spacial score (nSPS) is 15.7. The number of hydrogen-bond acceptors (Lipinski definition) is 5. The third-order valence-corrected chi connectivity index (χ3v) is 5.02. The van der Waals surface area contributed by atoms with Crippen molar-refractivity contribution in [2.75, 3.05) is 44.2 Å². The van der Waals surface area contributed by atoms with Gasteiger partial charge in [-0.1, -0.05) is 19.1 Å². The van der Waals surface area contributed by atoms with Crippen molar-refractivity contribution >= 4 is 17.5 Å². The highest BCUT2D eigenvalue weighted by atomic mass is 19.1. The quantitative estimate of drug-likeness (QED) is 0.692. The number of piperazine rings is 1. The van der Waals surface area contributed by atoms with E-state index in [0.717, 1.165) is 12.2 Å². The molecule has 8 heteroatoms. The number of rotatable bonds is 7. The Labute approximate surface area is 169 Å². The van der Waals surface area contributed by atoms with Crippen LogP contribution in [0.25, 0.3) is 0 Å². The molecule has 1 fully saturated rings. The largest absolute Gasteiger partial charge is 0.468 e. The molecule has 1 saturated heterocycles. The lowest BCUT2D eigenvalue weighted by molar-refractivity contribution is -0.139. The van der Waals surface area contributed by atoms with Gasteiger partial charge >= 0.3 is 11.8 Å². The van der Waals surface area contributed by atoms with Gasteiger partial charge in [-0.25, -0.2) is 4.39 Å². The average Bonchev–Trinajstić information content (AvgIpc) is 3.27. The number of amides is 2. The molecule has 3 rings (SSSR count). The number of furan rings is 1. The SMILES string of the molecule is CCCNC(=O)C(=O)NC[C@@H](c1ccco1)N1CCN(c2ccccc2F)CC1. The van der Waals surface area contributed by atoms with Gasteiger partial charge in [0, 0.05) is 39.3 Å². The van der Waals surface area contributed by atoms with E-state index >= 15 is 0 Å². The molecule has 1 atom stereocenters. The third kappa shape index (κ3) is 5.35. The van der Waals surface area contributed by atoms with Crippen molar-refractivity contribution in [3.63, 3.8) is 0 Å². The molecule has 1 aliphatic rings. The van der Waals surface area contributed by atoms with Crippen LogP contribution in [0.3, 0.4) is 0 Å². The molecule has 1 aliphatic heterocycles. The minimum absolute atomic E-state index is 0.198. The fourth-order valence-corrected chi connectivity index (χ4v) is 3.46. The van der Waals surface area contributed by atoms with Crippen LogP contribution in [0.2, 0.25) is 0 Å². The van der Waals surface area contributed by atoms with Crippen molar-refractivity contribution in [3.8, 4) is 0 Å². The Morgan fingerprint density at radius 3 is 2.45 bits per heavy atom. The summed E-state index contributed by atoms with van der Waals surface area (Å²) in [7, 11) is 0. The van der Waals surface area contributed by atoms with E-state index in [2.05, 4.69) is 15.5 Å². The first kappa shape index (κ1) is 20.9. The average molecular weight is 402 g/mol. The number of carbonyl (C=O) groups excluding carboxylic acids is 2. The predicted octanol–water partition coefficient (Wildman–Crippen LogP) is 1.92. The monoisotopic (exact) mass is 402 g/mol. The summed E-state index contributed by atoms with van der Waals surface area (Å²) in [6.07, 6.45) is 2.36. The summed E-state index contributed by atoms with van der Waals surface area (Å²) in [5.74, 6) is -0.790. The maximum atomic E-state index is 14.1. The highest BCUT2D eigenvalue weighted by Gasteiger charge is 2.28. The third-order valence-electron chi connectivity index (χ3n) is 5.02. The summed E-state index contributed by atoms with van der Waals surface area (Å²) in [5, 5.41) is 5.27. The molecule has 0 saturated carbocycles. The molecule has 7 nitrogen and oxygen atoms in total. The zero-order valence-electron chi connectivity index (χ0n) is 16.6. The van der Waals surface area contributed by atoms with Crippen LogP contribution >= 0.6 is 0 Å². The minimum atomic E-state index is -0.653. The molecule has 0 bridgehead atoms. The lowest BCUT2D eigenvalue weighted by Gasteiger charge is -2.39. The lowest BCUT2D eigenvalue weighted by atomic mass is 10.1. The predicted molar refractivity (Wildman–Crippen MR) is 108 cm³/mol. The van der Waals surface area contributed by atoms with Crippen molar-refractivity contribution in [2.45, 2.75) is 19.4 Å². The molecule has 2 amide bonds. The zero-order valence-corrected chi connectivity index (χ0v) is 16.6. The van der Waals surface area contributed by atoms with Crippen molar-refractivity contribution in [3.05, 3.63) is 54.2 Å². The number of nitrogens with one attached hydrogen (secondary N) is 2. The topological polar surface area (TPSA) is 77.8 Å². The number of hydrogen-bond donors (Lipinski definition) is 2. The number of para-hydroxylation sites is 1. The van der Waals surface area contributed by atoms with Crippen LogP contribution in [0, 0.1) is 5.82 Å². The van der Waals surface area contributed by atoms with Crippen molar-refractivity contribution in [2.24, 2.45) is 0 Å². The lowest BCUT2D eigenvalue weighted by Crippen LogP contribution is -2.51. The Balaban J connectivity index is 1.61. The molecule has 2 N–H and O–H groups in total. The van der Waals surface area contributed by atoms with E-state index in [4.69, 9.17) is 4.42 Å². The van der Waals surface area contributed by atoms with Crippen LogP contribution in [-0.2, 0) is 9.59 Å². The zero-order chi connectivity index (χ0) is 20.6. The summed E-state index contributed by atoms with van der Waals surface area (Å²) < 4.78 is 19.6. The smallest absolute Gasteiger partial charge is 0.309 e. The Kier molecular flexibility index (Phi) is 7.24. The summed E-state index contributed by atoms with van der Waals surface area (Å²) >= 11 is 0. The second-order valence-electron chi connectivity index (χ2n) is 6.97. The fraction of sp³-hybridized carbons (Fsp3) is 0.429. The van der Waals surface area contributed by atoms with Crippen LogP contribution < -0.4 is 15.5 Å². The van der Waals surface area contributed by atoms with E-state index in [9.17, 15) is 14.0 Å². The van der Waals surface area contributed by atoms with E-state index in [1.807, 2.05) is 24.0 Å². The second-order valence-corrected chi connectivity index (χ2v) is 6.97. The number of carbonyl (C=O) groups is 2. The first-order valence-corrected chi connectivity index (χ1v) is 9.93. The van der Waals surface area contributed by atoms with Crippen molar-refractivity contribution in [1.29, 1.82) is 0 Å². The van der Waals surface area contributed by atoms with Crippen molar-refractivity contribution in [1.82, 2.24) is 15.5 Å². The van der Waals surface area contributed by atoms with Crippen LogP contribution in [0.15, 0.2) is 47.1 Å². The molecule has 156 valence electrons. The van der Waals surface area contributed by atoms with Crippen LogP contribution in [-0.4, -0.2) is 56.0 Å². The highest BCUT2D eigenvalue weighted by molar-refractivity contribution is 6.35. The number of benzene rings is 1. The van der Waals surface area contributed by atoms with Crippen LogP contribution in [0.1, 0.15) is 25.1 Å². The van der Waals surface area contributed by atoms with Gasteiger partial charge in [0.25, 0.3) is 0 Å². The number of nitrogens with zero attached hydrogens (tertiary/aromatic N) is 2. The summed E-state index contributed by atoms with van der Waals surface area (Å²) in [6, 6.07) is 10.2. The first-order valence-electron chi connectivity index (χ1n) is 9.93. The summed E-state index contributed by atoms with van der Waals surface area (Å²) in [5.41, 5.74) is 0.600. The highest BCUT2D eigenvalue weighted by Crippen LogP contribution is 2.25. The number of halogens is 1. The minimum Gasteiger partial charge on any atom is -0.468 e. The maximum absolute atomic E-state index is 14.1. The molecular weight excluding hydrogens is 375 g/mol. The van der Waals surface area contributed by atoms with Gasteiger partial charge < -0.3 is 20.0 Å². The van der Waals surface area contributed by atoms with Crippen LogP contribution in [0.5, 0.6) is 0 Å². The summed E-state index contributed by atoms with van der Waals surface area (Å²) in [4.78, 5) is 28.1. The van der Waals surface area contributed by atoms with Gasteiger partial charge in [-0.15, -0.1) is 0 Å². The molecule has 0 radical (unpaired) electrons. The molecule has 1 aromatic heterocycles. The van der Waals surface area contributed by atoms with E-state index in [-0.39, 0.29) is 18.4 Å². The van der Waals surface area contributed by atoms with E-state index in [1.165, 1.54) is 6.07 Å². The molecule has 0 spiro atoms. The molecule has 29 heavy (non-hydrogen) atoms. The summed E-state index contributed by atoms with van der Waals surface area (Å²) in [6.45, 7) is 5.31. The molecule has 0 aliphatic carbocycles. The molecule has 2 heterocycles. The molecule has 2 aromatic rings. The maximum Gasteiger partial charge on any atom is 0.309 e. The first-order chi connectivity index (χ1) is 14.1. The molecule has 1 aromatic carbocycles. The van der Waals surface area contributed by atoms with Gasteiger partial charge in [0.15, 0.2) is 0 Å². The van der Waals surface area contributed by atoms with Gasteiger partial charge in [0.2, 0.25) is 0 Å². The van der Waals surface area contributed by atoms with Crippen LogP contribution in [0.4, 0.5) is 10.1 Å².